The quantitative estimate of drug-likeness (QED) is 0.268. The Balaban J connectivity index is -0.0000000671. The lowest BCUT2D eigenvalue weighted by molar-refractivity contribution is -0.138. The number of hydrogen-bond donors (Lipinski definition) is 1. The van der Waals surface area contributed by atoms with Gasteiger partial charge in [-0.15, -0.1) is 23.2 Å². The molecule has 7 heteroatoms. The molecule has 23 heavy (non-hydrogen) atoms. The summed E-state index contributed by atoms with van der Waals surface area (Å²) in [5.41, 5.74) is 0. The van der Waals surface area contributed by atoms with Gasteiger partial charge < -0.3 is 9.84 Å². The van der Waals surface area contributed by atoms with Gasteiger partial charge in [0.25, 0.3) is 0 Å². The van der Waals surface area contributed by atoms with Crippen molar-refractivity contribution in [3.05, 3.63) is 24.7 Å². The van der Waals surface area contributed by atoms with Crippen LogP contribution in [0.25, 0.3) is 0 Å². The molecule has 0 aromatic rings. The number of halogens is 3. The Kier molecular flexibility index (Phi) is 38.5. The number of allylic oxidation sites excluding steroid dienone is 2. The molecule has 0 bridgehead atoms. The first-order chi connectivity index (χ1) is 10.4. The van der Waals surface area contributed by atoms with E-state index in [0.29, 0.717) is 5.76 Å². The maximum absolute atomic E-state index is 10.5. The summed E-state index contributed by atoms with van der Waals surface area (Å²) in [6.45, 7) is 20.7. The SMILES string of the molecule is C=C(C)O.C=C(C)OC(=O)C(C)Cl.CC.CC.CC(Cl)C(=O)Cl. The van der Waals surface area contributed by atoms with Crippen LogP contribution in [0.4, 0.5) is 0 Å². The van der Waals surface area contributed by atoms with E-state index in [4.69, 9.17) is 39.9 Å². The van der Waals surface area contributed by atoms with Gasteiger partial charge in [0.2, 0.25) is 5.24 Å². The number of rotatable bonds is 3. The summed E-state index contributed by atoms with van der Waals surface area (Å²) in [6.07, 6.45) is 0. The molecule has 0 rings (SSSR count). The fourth-order valence-electron chi connectivity index (χ4n) is 0.253. The lowest BCUT2D eigenvalue weighted by atomic mass is 10.5. The van der Waals surface area contributed by atoms with Crippen LogP contribution in [0.15, 0.2) is 24.7 Å². The van der Waals surface area contributed by atoms with Crippen molar-refractivity contribution in [2.75, 3.05) is 0 Å². The topological polar surface area (TPSA) is 63.6 Å². The Hall–Kier alpha value is -0.710. The summed E-state index contributed by atoms with van der Waals surface area (Å²) in [5.74, 6) is 0.0802. The zero-order valence-electron chi connectivity index (χ0n) is 15.4. The van der Waals surface area contributed by atoms with Crippen LogP contribution in [-0.2, 0) is 14.3 Å². The van der Waals surface area contributed by atoms with Crippen molar-refractivity contribution in [1.29, 1.82) is 0 Å². The van der Waals surface area contributed by atoms with E-state index in [1.165, 1.54) is 13.8 Å². The summed E-state index contributed by atoms with van der Waals surface area (Å²) in [4.78, 5) is 20.3. The Morgan fingerprint density at radius 1 is 0.957 bits per heavy atom. The number of carbonyl (C=O) groups excluding carboxylic acids is 2. The third-order valence-electron chi connectivity index (χ3n) is 0.912. The molecule has 0 aromatic carbocycles. The van der Waals surface area contributed by atoms with Gasteiger partial charge >= 0.3 is 5.97 Å². The molecule has 0 aliphatic rings. The molecule has 140 valence electrons. The Bertz CT molecular complexity index is 310. The van der Waals surface area contributed by atoms with Crippen LogP contribution in [0.1, 0.15) is 55.4 Å². The minimum Gasteiger partial charge on any atom is -0.513 e. The average molecular weight is 394 g/mol. The van der Waals surface area contributed by atoms with Gasteiger partial charge in [-0.3, -0.25) is 9.59 Å². The minimum absolute atomic E-state index is 0.167. The molecule has 0 radical (unpaired) electrons. The second kappa shape index (κ2) is 26.2. The molecule has 0 heterocycles. The summed E-state index contributed by atoms with van der Waals surface area (Å²) in [7, 11) is 0. The van der Waals surface area contributed by atoms with Crippen molar-refractivity contribution in [3.63, 3.8) is 0 Å². The van der Waals surface area contributed by atoms with E-state index in [1.54, 1.807) is 13.8 Å². The summed E-state index contributed by atoms with van der Waals surface area (Å²) in [6, 6.07) is 0. The van der Waals surface area contributed by atoms with Crippen LogP contribution < -0.4 is 0 Å². The van der Waals surface area contributed by atoms with E-state index in [2.05, 4.69) is 17.9 Å². The van der Waals surface area contributed by atoms with Crippen molar-refractivity contribution in [2.45, 2.75) is 66.1 Å². The highest BCUT2D eigenvalue weighted by Crippen LogP contribution is 2.00. The van der Waals surface area contributed by atoms with Gasteiger partial charge in [0.1, 0.15) is 10.8 Å². The first kappa shape index (κ1) is 33.8. The molecule has 2 atom stereocenters. The predicted molar refractivity (Wildman–Crippen MR) is 103 cm³/mol. The van der Waals surface area contributed by atoms with Gasteiger partial charge in [-0.25, -0.2) is 0 Å². The van der Waals surface area contributed by atoms with E-state index in [9.17, 15) is 9.59 Å². The lowest BCUT2D eigenvalue weighted by Crippen LogP contribution is -2.12. The second-order valence-electron chi connectivity index (χ2n) is 3.39. The fourth-order valence-corrected chi connectivity index (χ4v) is 0.297. The number of aliphatic hydroxyl groups is 1. The molecule has 0 amide bonds. The normalized spacial score (nSPS) is 10.0. The molecule has 0 aromatic heterocycles. The van der Waals surface area contributed by atoms with Crippen molar-refractivity contribution < 1.29 is 19.4 Å². The number of carbonyl (C=O) groups is 2. The summed E-state index contributed by atoms with van der Waals surface area (Å²) >= 11 is 15.3. The minimum atomic E-state index is -0.596. The Morgan fingerprint density at radius 3 is 1.22 bits per heavy atom. The van der Waals surface area contributed by atoms with Crippen LogP contribution in [-0.4, -0.2) is 27.1 Å². The van der Waals surface area contributed by atoms with Crippen LogP contribution >= 0.6 is 34.8 Å². The van der Waals surface area contributed by atoms with Gasteiger partial charge in [-0.2, -0.15) is 0 Å². The van der Waals surface area contributed by atoms with Crippen LogP contribution in [0.3, 0.4) is 0 Å². The summed E-state index contributed by atoms with van der Waals surface area (Å²) in [5, 5.41) is 6.21. The van der Waals surface area contributed by atoms with Crippen molar-refractivity contribution in [1.82, 2.24) is 0 Å². The van der Waals surface area contributed by atoms with Gasteiger partial charge in [0, 0.05) is 0 Å². The van der Waals surface area contributed by atoms with E-state index in [0.717, 1.165) is 0 Å². The van der Waals surface area contributed by atoms with Crippen LogP contribution in [0, 0.1) is 0 Å². The number of ether oxygens (including phenoxy) is 1. The molecule has 0 aliphatic heterocycles. The van der Waals surface area contributed by atoms with E-state index in [-0.39, 0.29) is 5.76 Å². The predicted octanol–water partition coefficient (Wildman–Crippen LogP) is 6.20. The Morgan fingerprint density at radius 2 is 1.17 bits per heavy atom. The van der Waals surface area contributed by atoms with Crippen molar-refractivity contribution in [3.8, 4) is 0 Å². The average Bonchev–Trinajstić information content (AvgIpc) is 2.42. The maximum atomic E-state index is 10.5. The number of aliphatic hydroxyl groups excluding tert-OH is 1. The molecule has 4 nitrogen and oxygen atoms in total. The molecule has 2 unspecified atom stereocenters. The third kappa shape index (κ3) is 62.2. The zero-order valence-corrected chi connectivity index (χ0v) is 17.6. The molecule has 0 spiro atoms. The third-order valence-corrected chi connectivity index (χ3v) is 1.73. The van der Waals surface area contributed by atoms with Crippen LogP contribution in [0.5, 0.6) is 0 Å². The van der Waals surface area contributed by atoms with E-state index < -0.39 is 22.0 Å². The monoisotopic (exact) mass is 392 g/mol. The van der Waals surface area contributed by atoms with Crippen molar-refractivity contribution >= 4 is 46.0 Å². The molecular weight excluding hydrogens is 363 g/mol. The van der Waals surface area contributed by atoms with Crippen LogP contribution in [0.2, 0.25) is 0 Å². The maximum Gasteiger partial charge on any atom is 0.328 e. The van der Waals surface area contributed by atoms with Gasteiger partial charge in [-0.1, -0.05) is 40.9 Å². The van der Waals surface area contributed by atoms with E-state index in [1.807, 2.05) is 27.7 Å². The first-order valence-corrected chi connectivity index (χ1v) is 8.36. The zero-order chi connectivity index (χ0) is 20.2. The largest absolute Gasteiger partial charge is 0.513 e. The highest BCUT2D eigenvalue weighted by Gasteiger charge is 2.09. The molecule has 0 aliphatic carbocycles. The van der Waals surface area contributed by atoms with Gasteiger partial charge in [0.05, 0.1) is 11.5 Å². The number of alkyl halides is 2. The van der Waals surface area contributed by atoms with Crippen molar-refractivity contribution in [2.24, 2.45) is 0 Å². The Labute approximate surface area is 156 Å². The highest BCUT2D eigenvalue weighted by molar-refractivity contribution is 6.69. The second-order valence-corrected chi connectivity index (χ2v) is 5.08. The molecule has 0 saturated heterocycles. The smallest absolute Gasteiger partial charge is 0.328 e. The molecule has 0 saturated carbocycles. The fraction of sp³-hybridized carbons (Fsp3) is 0.625. The van der Waals surface area contributed by atoms with E-state index >= 15 is 0 Å². The van der Waals surface area contributed by atoms with Gasteiger partial charge in [0.15, 0.2) is 0 Å². The lowest BCUT2D eigenvalue weighted by Gasteiger charge is -2.02. The number of hydrogen-bond acceptors (Lipinski definition) is 4. The first-order valence-electron chi connectivity index (χ1n) is 7.10. The molecule has 1 N–H and O–H groups in total. The summed E-state index contributed by atoms with van der Waals surface area (Å²) < 4.78 is 4.55. The highest BCUT2D eigenvalue weighted by atomic mass is 35.5. The standard InChI is InChI=1S/C6H9ClO2.C3H4Cl2O.C3H6O.2C2H6/c1-4(2)9-6(8)5(3)7;1-2(4)3(5)6;1-3(2)4;2*1-2/h5H,1H2,2-3H3;2H,1H3;4H,1H2,2H3;2*1-2H3. The number of esters is 1. The van der Waals surface area contributed by atoms with Gasteiger partial charge in [-0.05, 0) is 39.3 Å². The molecular formula is C16H31Cl3O4. The molecule has 0 fully saturated rings.